The van der Waals surface area contributed by atoms with Gasteiger partial charge in [0, 0.05) is 55.8 Å². The maximum atomic E-state index is 13.5. The minimum absolute atomic E-state index is 0.0861. The third-order valence-electron chi connectivity index (χ3n) is 6.22. The summed E-state index contributed by atoms with van der Waals surface area (Å²) in [4.78, 5) is 20.4. The van der Waals surface area contributed by atoms with Crippen LogP contribution in [-0.2, 0) is 22.5 Å². The topological polar surface area (TPSA) is 95.4 Å². The van der Waals surface area contributed by atoms with E-state index in [-0.39, 0.29) is 19.1 Å². The average molecular weight is 582 g/mol. The largest absolute Gasteiger partial charge is 0.494 e. The summed E-state index contributed by atoms with van der Waals surface area (Å²) in [5.41, 5.74) is 8.68. The van der Waals surface area contributed by atoms with E-state index >= 15 is 0 Å². The number of aliphatic hydroxyl groups excluding tert-OH is 1. The molecule has 0 aromatic heterocycles. The lowest BCUT2D eigenvalue weighted by Gasteiger charge is -2.23. The molecule has 3 aromatic carbocycles. The molecule has 0 saturated heterocycles. The number of anilines is 1. The van der Waals surface area contributed by atoms with Crippen molar-refractivity contribution in [1.29, 1.82) is 0 Å². The molecule has 200 valence electrons. The Labute approximate surface area is 231 Å². The van der Waals surface area contributed by atoms with Gasteiger partial charge >= 0.3 is 0 Å². The second kappa shape index (κ2) is 12.9. The SMILES string of the molecule is CN(C)c1ccc(CNNC(=O)[C@]2(Cc3ccc(Br)cc3)COC(c3ccc(OCCCO)cc3)=N2)cc1. The summed E-state index contributed by atoms with van der Waals surface area (Å²) in [7, 11) is 4.00. The first-order chi connectivity index (χ1) is 18.4. The second-order valence-electron chi connectivity index (χ2n) is 9.36. The predicted octanol–water partition coefficient (Wildman–Crippen LogP) is 3.86. The zero-order valence-electron chi connectivity index (χ0n) is 21.6. The number of hydrazine groups is 1. The van der Waals surface area contributed by atoms with Gasteiger partial charge in [0.15, 0.2) is 5.54 Å². The first-order valence-corrected chi connectivity index (χ1v) is 13.3. The van der Waals surface area contributed by atoms with E-state index in [4.69, 9.17) is 19.6 Å². The van der Waals surface area contributed by atoms with Crippen LogP contribution in [0.25, 0.3) is 0 Å². The number of nitrogens with one attached hydrogen (secondary N) is 2. The highest BCUT2D eigenvalue weighted by Gasteiger charge is 2.44. The highest BCUT2D eigenvalue weighted by atomic mass is 79.9. The normalized spacial score (nSPS) is 16.5. The Hall–Kier alpha value is -3.40. The van der Waals surface area contributed by atoms with E-state index in [1.165, 1.54) is 0 Å². The van der Waals surface area contributed by atoms with E-state index in [0.29, 0.717) is 37.6 Å². The molecule has 1 aliphatic rings. The maximum absolute atomic E-state index is 13.5. The van der Waals surface area contributed by atoms with Gasteiger partial charge in [0.2, 0.25) is 5.90 Å². The van der Waals surface area contributed by atoms with Gasteiger partial charge < -0.3 is 19.5 Å². The molecule has 1 aliphatic heterocycles. The van der Waals surface area contributed by atoms with Gasteiger partial charge in [0.05, 0.1) is 6.61 Å². The molecule has 0 spiro atoms. The highest BCUT2D eigenvalue weighted by Crippen LogP contribution is 2.28. The number of nitrogens with zero attached hydrogens (tertiary/aromatic N) is 2. The monoisotopic (exact) mass is 580 g/mol. The van der Waals surface area contributed by atoms with E-state index in [1.807, 2.05) is 91.8 Å². The molecule has 3 N–H and O–H groups in total. The van der Waals surface area contributed by atoms with E-state index < -0.39 is 5.54 Å². The number of ether oxygens (including phenoxy) is 2. The molecule has 3 aromatic rings. The number of hydrogen-bond donors (Lipinski definition) is 3. The summed E-state index contributed by atoms with van der Waals surface area (Å²) in [5, 5.41) is 8.93. The first kappa shape index (κ1) is 27.6. The number of amides is 1. The number of hydrogen-bond acceptors (Lipinski definition) is 7. The van der Waals surface area contributed by atoms with Gasteiger partial charge in [0.25, 0.3) is 5.91 Å². The summed E-state index contributed by atoms with van der Waals surface area (Å²) >= 11 is 3.47. The number of carbonyl (C=O) groups excluding carboxylic acids is 1. The Balaban J connectivity index is 1.48. The van der Waals surface area contributed by atoms with Gasteiger partial charge in [-0.05, 0) is 59.7 Å². The Morgan fingerprint density at radius 3 is 2.39 bits per heavy atom. The van der Waals surface area contributed by atoms with Crippen molar-refractivity contribution < 1.29 is 19.4 Å². The van der Waals surface area contributed by atoms with Crippen molar-refractivity contribution >= 4 is 33.4 Å². The standard InChI is InChI=1S/C29H33BrN4O4/c1-34(2)25-12-6-22(7-13-25)19-31-33-28(36)29(18-21-4-10-24(30)11-5-21)20-38-27(32-29)23-8-14-26(15-9-23)37-17-3-16-35/h4-15,31,35H,3,16-20H2,1-2H3,(H,33,36)/t29-/m0/s1. The van der Waals surface area contributed by atoms with Crippen LogP contribution >= 0.6 is 15.9 Å². The summed E-state index contributed by atoms with van der Waals surface area (Å²) in [6.45, 7) is 1.13. The number of aliphatic imine (C=N–C) groups is 1. The lowest BCUT2D eigenvalue weighted by Crippen LogP contribution is -2.52. The van der Waals surface area contributed by atoms with Crippen molar-refractivity contribution in [2.45, 2.75) is 24.9 Å². The Bertz CT molecular complexity index is 1230. The third-order valence-corrected chi connectivity index (χ3v) is 6.74. The third kappa shape index (κ3) is 7.12. The van der Waals surface area contributed by atoms with Crippen LogP contribution < -0.4 is 20.5 Å². The number of benzene rings is 3. The molecule has 8 nitrogen and oxygen atoms in total. The fourth-order valence-corrected chi connectivity index (χ4v) is 4.29. The molecular weight excluding hydrogens is 548 g/mol. The quantitative estimate of drug-likeness (QED) is 0.222. The van der Waals surface area contributed by atoms with Gasteiger partial charge in [-0.25, -0.2) is 10.4 Å². The molecule has 1 amide bonds. The van der Waals surface area contributed by atoms with Crippen LogP contribution in [0.2, 0.25) is 0 Å². The number of rotatable bonds is 12. The Kier molecular flexibility index (Phi) is 9.38. The van der Waals surface area contributed by atoms with Crippen molar-refractivity contribution in [3.8, 4) is 5.75 Å². The molecule has 1 atom stereocenters. The predicted molar refractivity (Wildman–Crippen MR) is 152 cm³/mol. The average Bonchev–Trinajstić information content (AvgIpc) is 3.36. The number of aliphatic hydroxyl groups is 1. The molecule has 0 unspecified atom stereocenters. The van der Waals surface area contributed by atoms with E-state index in [9.17, 15) is 4.79 Å². The number of carbonyl (C=O) groups is 1. The van der Waals surface area contributed by atoms with E-state index in [2.05, 4.69) is 26.8 Å². The molecule has 1 heterocycles. The first-order valence-electron chi connectivity index (χ1n) is 12.5. The van der Waals surface area contributed by atoms with Crippen LogP contribution in [0.15, 0.2) is 82.3 Å². The molecule has 0 bridgehead atoms. The summed E-state index contributed by atoms with van der Waals surface area (Å²) < 4.78 is 12.6. The Morgan fingerprint density at radius 2 is 1.74 bits per heavy atom. The molecular formula is C29H33BrN4O4. The van der Waals surface area contributed by atoms with Crippen LogP contribution in [0.3, 0.4) is 0 Å². The summed E-state index contributed by atoms with van der Waals surface area (Å²) in [6, 6.07) is 23.4. The summed E-state index contributed by atoms with van der Waals surface area (Å²) in [5.74, 6) is 0.852. The molecule has 0 saturated carbocycles. The van der Waals surface area contributed by atoms with Crippen molar-refractivity contribution in [2.75, 3.05) is 38.8 Å². The van der Waals surface area contributed by atoms with Crippen LogP contribution in [0, 0.1) is 0 Å². The highest BCUT2D eigenvalue weighted by molar-refractivity contribution is 9.10. The molecule has 0 radical (unpaired) electrons. The fourth-order valence-electron chi connectivity index (χ4n) is 4.02. The van der Waals surface area contributed by atoms with Crippen molar-refractivity contribution in [3.63, 3.8) is 0 Å². The Morgan fingerprint density at radius 1 is 1.05 bits per heavy atom. The van der Waals surface area contributed by atoms with Gasteiger partial charge in [0.1, 0.15) is 12.4 Å². The van der Waals surface area contributed by atoms with Gasteiger partial charge in [-0.2, -0.15) is 0 Å². The molecule has 4 rings (SSSR count). The van der Waals surface area contributed by atoms with Crippen molar-refractivity contribution in [2.24, 2.45) is 4.99 Å². The van der Waals surface area contributed by atoms with Crippen LogP contribution in [0.4, 0.5) is 5.69 Å². The molecule has 9 heteroatoms. The number of halogens is 1. The van der Waals surface area contributed by atoms with Crippen LogP contribution in [-0.4, -0.2) is 56.4 Å². The molecule has 38 heavy (non-hydrogen) atoms. The van der Waals surface area contributed by atoms with Crippen molar-refractivity contribution in [3.05, 3.63) is 94.0 Å². The zero-order chi connectivity index (χ0) is 27.0. The van der Waals surface area contributed by atoms with Gasteiger partial charge in [-0.15, -0.1) is 0 Å². The molecule has 0 fully saturated rings. The fraction of sp³-hybridized carbons (Fsp3) is 0.310. The zero-order valence-corrected chi connectivity index (χ0v) is 23.2. The minimum Gasteiger partial charge on any atom is -0.494 e. The van der Waals surface area contributed by atoms with Gasteiger partial charge in [-0.3, -0.25) is 10.2 Å². The van der Waals surface area contributed by atoms with Crippen LogP contribution in [0.5, 0.6) is 5.75 Å². The minimum atomic E-state index is -1.12. The van der Waals surface area contributed by atoms with Gasteiger partial charge in [-0.1, -0.05) is 40.2 Å². The lowest BCUT2D eigenvalue weighted by molar-refractivity contribution is -0.127. The second-order valence-corrected chi connectivity index (χ2v) is 10.3. The van der Waals surface area contributed by atoms with Crippen LogP contribution in [0.1, 0.15) is 23.1 Å². The molecule has 0 aliphatic carbocycles. The van der Waals surface area contributed by atoms with Crippen molar-refractivity contribution in [1.82, 2.24) is 10.9 Å². The van der Waals surface area contributed by atoms with E-state index in [0.717, 1.165) is 26.9 Å². The maximum Gasteiger partial charge on any atom is 0.266 e. The summed E-state index contributed by atoms with van der Waals surface area (Å²) in [6.07, 6.45) is 0.956. The lowest BCUT2D eigenvalue weighted by atomic mass is 9.91. The van der Waals surface area contributed by atoms with E-state index in [1.54, 1.807) is 0 Å². The smallest absolute Gasteiger partial charge is 0.266 e.